The lowest BCUT2D eigenvalue weighted by Crippen LogP contribution is -2.57. The summed E-state index contributed by atoms with van der Waals surface area (Å²) < 4.78 is 29.4. The Morgan fingerprint density at radius 1 is 0.750 bits per heavy atom. The van der Waals surface area contributed by atoms with E-state index in [0.717, 1.165) is 0 Å². The fourth-order valence-electron chi connectivity index (χ4n) is 7.35. The number of hydrogen-bond donors (Lipinski definition) is 5. The van der Waals surface area contributed by atoms with Crippen LogP contribution >= 0.6 is 11.6 Å². The van der Waals surface area contributed by atoms with Gasteiger partial charge < -0.3 is 32.3 Å². The molecule has 4 aromatic carbocycles. The number of alkyl halides is 1. The van der Waals surface area contributed by atoms with E-state index in [9.17, 15) is 37.5 Å². The van der Waals surface area contributed by atoms with E-state index >= 15 is 0 Å². The highest BCUT2D eigenvalue weighted by atomic mass is 35.5. The van der Waals surface area contributed by atoms with Gasteiger partial charge in [-0.3, -0.25) is 33.8 Å². The maximum Gasteiger partial charge on any atom is 0.243 e. The summed E-state index contributed by atoms with van der Waals surface area (Å²) in [6, 6.07) is 26.3. The summed E-state index contributed by atoms with van der Waals surface area (Å²) in [7, 11) is 0. The Hall–Kier alpha value is -6.74. The number of aliphatic imine (C=N–C) groups is 1. The SMILES string of the molecule is NC(N)=NCCC[C@H](NC(=O)C(Cc1ccccc1)NC(=O)[C@@H](Cc1ccccc1)NC(=O)CCC(=O)N1CC(=Cc2ccccc2F)C(=O)C(Cc2ccccc2F)C1)C(=O)CCl. The van der Waals surface area contributed by atoms with Crippen LogP contribution in [0.15, 0.2) is 120 Å². The molecule has 13 nitrogen and oxygen atoms in total. The van der Waals surface area contributed by atoms with Crippen molar-refractivity contribution in [1.82, 2.24) is 20.9 Å². The molecule has 4 amide bonds. The number of hydrogen-bond acceptors (Lipinski definition) is 7. The molecule has 0 aliphatic carbocycles. The smallest absolute Gasteiger partial charge is 0.243 e. The van der Waals surface area contributed by atoms with E-state index in [1.807, 2.05) is 0 Å². The van der Waals surface area contributed by atoms with Gasteiger partial charge in [-0.2, -0.15) is 0 Å². The molecule has 2 unspecified atom stereocenters. The number of benzene rings is 4. The van der Waals surface area contributed by atoms with E-state index in [4.69, 9.17) is 23.1 Å². The van der Waals surface area contributed by atoms with Crippen LogP contribution in [0.1, 0.15) is 47.9 Å². The summed E-state index contributed by atoms with van der Waals surface area (Å²) >= 11 is 5.89. The molecular formula is C48H52ClF2N7O6. The monoisotopic (exact) mass is 895 g/mol. The molecule has 1 fully saturated rings. The van der Waals surface area contributed by atoms with Crippen molar-refractivity contribution >= 4 is 58.8 Å². The molecule has 4 aromatic rings. The standard InChI is InChI=1S/C48H52ClF2N7O6/c49-28-42(59)39(20-11-23-54-48(52)53)56-47(64)41(25-32-14-5-2-6-15-32)57-46(63)40(24-31-12-3-1-4-13-31)55-43(60)21-22-44(61)58-29-35(26-33-16-7-9-18-37(33)50)45(62)36(30-58)27-34-17-8-10-19-38(34)51/h1-10,12-19,26,36,39-41H,11,20-25,27-30H2,(H,55,60)(H,56,64)(H,57,63)(H4,52,53,54)/t36?,39-,40+,41?/m0/s1. The number of rotatable bonds is 21. The second-order valence-electron chi connectivity index (χ2n) is 15.5. The minimum absolute atomic E-state index is 0.00689. The first-order valence-electron chi connectivity index (χ1n) is 20.9. The fraction of sp³-hybridized carbons (Fsp3) is 0.312. The van der Waals surface area contributed by atoms with Gasteiger partial charge in [0.15, 0.2) is 17.5 Å². The first-order chi connectivity index (χ1) is 30.8. The minimum Gasteiger partial charge on any atom is -0.370 e. The third kappa shape index (κ3) is 14.7. The van der Waals surface area contributed by atoms with Gasteiger partial charge in [0, 0.05) is 62.4 Å². The van der Waals surface area contributed by atoms with E-state index in [-0.39, 0.29) is 92.5 Å². The van der Waals surface area contributed by atoms with Gasteiger partial charge in [-0.15, -0.1) is 11.6 Å². The lowest BCUT2D eigenvalue weighted by Gasteiger charge is -2.34. The highest BCUT2D eigenvalue weighted by Gasteiger charge is 2.35. The lowest BCUT2D eigenvalue weighted by molar-refractivity contribution is -0.137. The second-order valence-corrected chi connectivity index (χ2v) is 15.8. The molecule has 5 rings (SSSR count). The summed E-state index contributed by atoms with van der Waals surface area (Å²) in [5.41, 5.74) is 12.8. The van der Waals surface area contributed by atoms with Crippen LogP contribution in [0.25, 0.3) is 6.08 Å². The molecule has 0 radical (unpaired) electrons. The van der Waals surface area contributed by atoms with Crippen molar-refractivity contribution in [3.63, 3.8) is 0 Å². The van der Waals surface area contributed by atoms with E-state index in [0.29, 0.717) is 17.5 Å². The number of Topliss-reactive ketones (excluding diaryl/α,β-unsaturated/α-hetero) is 2. The molecule has 0 bridgehead atoms. The Labute approximate surface area is 375 Å². The molecule has 16 heteroatoms. The molecule has 1 aliphatic rings. The van der Waals surface area contributed by atoms with E-state index in [1.165, 1.54) is 41.3 Å². The van der Waals surface area contributed by atoms with Gasteiger partial charge in [0.05, 0.1) is 11.9 Å². The molecular weight excluding hydrogens is 844 g/mol. The van der Waals surface area contributed by atoms with Crippen molar-refractivity contribution in [2.45, 2.75) is 63.1 Å². The Bertz CT molecular complexity index is 2330. The molecule has 1 saturated heterocycles. The van der Waals surface area contributed by atoms with Gasteiger partial charge in [-0.1, -0.05) is 97.1 Å². The van der Waals surface area contributed by atoms with Crippen LogP contribution in [-0.4, -0.2) is 89.7 Å². The first kappa shape index (κ1) is 48.3. The van der Waals surface area contributed by atoms with Crippen LogP contribution in [0.5, 0.6) is 0 Å². The Morgan fingerprint density at radius 3 is 1.91 bits per heavy atom. The molecule has 1 heterocycles. The van der Waals surface area contributed by atoms with Gasteiger partial charge in [-0.05, 0) is 54.2 Å². The number of piperidine rings is 1. The Balaban J connectivity index is 1.31. The third-order valence-electron chi connectivity index (χ3n) is 10.7. The van der Waals surface area contributed by atoms with Gasteiger partial charge >= 0.3 is 0 Å². The van der Waals surface area contributed by atoms with Crippen LogP contribution in [-0.2, 0) is 48.0 Å². The number of ketones is 2. The van der Waals surface area contributed by atoms with Crippen LogP contribution in [0.4, 0.5) is 8.78 Å². The van der Waals surface area contributed by atoms with Crippen molar-refractivity contribution in [1.29, 1.82) is 0 Å². The maximum absolute atomic E-state index is 14.7. The number of nitrogens with one attached hydrogen (secondary N) is 3. The number of nitrogens with two attached hydrogens (primary N) is 2. The summed E-state index contributed by atoms with van der Waals surface area (Å²) in [5, 5.41) is 8.25. The lowest BCUT2D eigenvalue weighted by atomic mass is 9.86. The van der Waals surface area contributed by atoms with E-state index < -0.39 is 65.1 Å². The molecule has 64 heavy (non-hydrogen) atoms. The van der Waals surface area contributed by atoms with E-state index in [2.05, 4.69) is 20.9 Å². The normalized spacial score (nSPS) is 15.7. The second kappa shape index (κ2) is 24.2. The summed E-state index contributed by atoms with van der Waals surface area (Å²) in [5.74, 6) is -5.64. The van der Waals surface area contributed by atoms with Gasteiger partial charge in [0.1, 0.15) is 23.7 Å². The number of likely N-dealkylation sites (tertiary alicyclic amines) is 1. The molecule has 1 aliphatic heterocycles. The summed E-state index contributed by atoms with van der Waals surface area (Å²) in [6.07, 6.45) is 1.33. The predicted molar refractivity (Wildman–Crippen MR) is 241 cm³/mol. The van der Waals surface area contributed by atoms with Gasteiger partial charge in [0.25, 0.3) is 0 Å². The number of carbonyl (C=O) groups is 6. The van der Waals surface area contributed by atoms with Crippen LogP contribution in [0.3, 0.4) is 0 Å². The van der Waals surface area contributed by atoms with Gasteiger partial charge in [-0.25, -0.2) is 8.78 Å². The fourth-order valence-corrected chi connectivity index (χ4v) is 7.54. The number of carbonyl (C=O) groups excluding carboxylic acids is 6. The molecule has 7 N–H and O–H groups in total. The quantitative estimate of drug-likeness (QED) is 0.0269. The molecule has 0 spiro atoms. The number of guanidine groups is 1. The highest BCUT2D eigenvalue weighted by molar-refractivity contribution is 6.28. The molecule has 0 saturated carbocycles. The largest absolute Gasteiger partial charge is 0.370 e. The van der Waals surface area contributed by atoms with Crippen molar-refractivity contribution < 1.29 is 37.5 Å². The molecule has 4 atom stereocenters. The zero-order valence-electron chi connectivity index (χ0n) is 35.2. The maximum atomic E-state index is 14.7. The van der Waals surface area contributed by atoms with Crippen LogP contribution < -0.4 is 27.4 Å². The zero-order chi connectivity index (χ0) is 46.0. The Kier molecular flexibility index (Phi) is 18.3. The predicted octanol–water partition coefficient (Wildman–Crippen LogP) is 4.20. The minimum atomic E-state index is -1.20. The van der Waals surface area contributed by atoms with Crippen molar-refractivity contribution in [2.75, 3.05) is 25.5 Å². The number of amides is 4. The summed E-state index contributed by atoms with van der Waals surface area (Å²) in [4.78, 5) is 87.4. The number of halogens is 3. The van der Waals surface area contributed by atoms with Crippen molar-refractivity contribution in [3.8, 4) is 0 Å². The van der Waals surface area contributed by atoms with Gasteiger partial charge in [0.2, 0.25) is 23.6 Å². The molecule has 0 aromatic heterocycles. The van der Waals surface area contributed by atoms with Crippen molar-refractivity contribution in [3.05, 3.63) is 149 Å². The molecule has 336 valence electrons. The average molecular weight is 896 g/mol. The van der Waals surface area contributed by atoms with E-state index in [1.54, 1.807) is 78.9 Å². The average Bonchev–Trinajstić information content (AvgIpc) is 3.29. The summed E-state index contributed by atoms with van der Waals surface area (Å²) in [6.45, 7) is 0.000844. The van der Waals surface area contributed by atoms with Crippen LogP contribution in [0, 0.1) is 17.6 Å². The van der Waals surface area contributed by atoms with Crippen LogP contribution in [0.2, 0.25) is 0 Å². The highest BCUT2D eigenvalue weighted by Crippen LogP contribution is 2.26. The number of nitrogens with zero attached hydrogens (tertiary/aromatic N) is 2. The third-order valence-corrected chi connectivity index (χ3v) is 11.0. The first-order valence-corrected chi connectivity index (χ1v) is 21.5. The topological polar surface area (TPSA) is 206 Å². The Morgan fingerprint density at radius 2 is 1.31 bits per heavy atom. The zero-order valence-corrected chi connectivity index (χ0v) is 35.9. The van der Waals surface area contributed by atoms with Crippen molar-refractivity contribution in [2.24, 2.45) is 22.4 Å².